The molecule has 1 amide bonds. The Morgan fingerprint density at radius 1 is 1.18 bits per heavy atom. The van der Waals surface area contributed by atoms with Gasteiger partial charge >= 0.3 is 0 Å². The Hall–Kier alpha value is -3.40. The van der Waals surface area contributed by atoms with Gasteiger partial charge in [-0.3, -0.25) is 10.2 Å². The molecule has 0 radical (unpaired) electrons. The molecule has 0 saturated carbocycles. The van der Waals surface area contributed by atoms with Crippen LogP contribution in [-0.4, -0.2) is 47.3 Å². The SMILES string of the molecule is Nc1nc(-c2cc(Nc3ccc(Cl)cc3CF)ccc2O)ccc1C(=O)NN1CCOCC1. The van der Waals surface area contributed by atoms with Crippen LogP contribution < -0.4 is 16.5 Å². The topological polar surface area (TPSA) is 113 Å². The molecule has 1 aliphatic heterocycles. The molecule has 0 atom stereocenters. The summed E-state index contributed by atoms with van der Waals surface area (Å²) < 4.78 is 18.6. The fraction of sp³-hybridized carbons (Fsp3) is 0.217. The molecule has 2 aromatic carbocycles. The maximum atomic E-state index is 13.4. The molecule has 0 unspecified atom stereocenters. The molecule has 0 spiro atoms. The number of ether oxygens (including phenoxy) is 1. The molecule has 0 aliphatic carbocycles. The number of pyridine rings is 1. The molecule has 1 aliphatic rings. The number of morpholine rings is 1. The number of phenols is 1. The summed E-state index contributed by atoms with van der Waals surface area (Å²) in [7, 11) is 0. The fourth-order valence-electron chi connectivity index (χ4n) is 3.47. The van der Waals surface area contributed by atoms with Crippen LogP contribution in [0.25, 0.3) is 11.3 Å². The number of amides is 1. The number of benzene rings is 2. The Bertz CT molecular complexity index is 1170. The molecule has 5 N–H and O–H groups in total. The summed E-state index contributed by atoms with van der Waals surface area (Å²) >= 11 is 5.94. The number of alkyl halides is 1. The number of hydrazine groups is 1. The maximum absolute atomic E-state index is 13.4. The van der Waals surface area contributed by atoms with E-state index in [1.807, 2.05) is 0 Å². The molecule has 33 heavy (non-hydrogen) atoms. The summed E-state index contributed by atoms with van der Waals surface area (Å²) in [5, 5.41) is 15.7. The van der Waals surface area contributed by atoms with E-state index in [0.29, 0.717) is 59.5 Å². The molecular weight excluding hydrogens is 449 g/mol. The Labute approximate surface area is 195 Å². The average molecular weight is 472 g/mol. The Balaban J connectivity index is 1.56. The summed E-state index contributed by atoms with van der Waals surface area (Å²) in [4.78, 5) is 16.9. The Morgan fingerprint density at radius 2 is 1.97 bits per heavy atom. The predicted molar refractivity (Wildman–Crippen MR) is 125 cm³/mol. The molecule has 1 aromatic heterocycles. The zero-order valence-corrected chi connectivity index (χ0v) is 18.4. The van der Waals surface area contributed by atoms with E-state index in [9.17, 15) is 14.3 Å². The summed E-state index contributed by atoms with van der Waals surface area (Å²) in [5.41, 5.74) is 11.5. The number of halogens is 2. The van der Waals surface area contributed by atoms with Crippen molar-refractivity contribution in [1.29, 1.82) is 0 Å². The van der Waals surface area contributed by atoms with Gasteiger partial charge < -0.3 is 20.9 Å². The van der Waals surface area contributed by atoms with Crippen LogP contribution >= 0.6 is 11.6 Å². The van der Waals surface area contributed by atoms with Crippen molar-refractivity contribution in [2.24, 2.45) is 0 Å². The monoisotopic (exact) mass is 471 g/mol. The highest BCUT2D eigenvalue weighted by Crippen LogP contribution is 2.33. The normalized spacial score (nSPS) is 14.1. The molecule has 3 aromatic rings. The molecule has 1 saturated heterocycles. The van der Waals surface area contributed by atoms with E-state index in [2.05, 4.69) is 15.7 Å². The molecule has 2 heterocycles. The van der Waals surface area contributed by atoms with Crippen LogP contribution in [0.15, 0.2) is 48.5 Å². The predicted octanol–water partition coefficient (Wildman–Crippen LogP) is 3.88. The summed E-state index contributed by atoms with van der Waals surface area (Å²) in [5.74, 6) is -0.345. The largest absolute Gasteiger partial charge is 0.507 e. The number of nitrogens with zero attached hydrogens (tertiary/aromatic N) is 2. The van der Waals surface area contributed by atoms with Crippen LogP contribution in [0.2, 0.25) is 5.02 Å². The van der Waals surface area contributed by atoms with Crippen molar-refractivity contribution in [1.82, 2.24) is 15.4 Å². The quantitative estimate of drug-likeness (QED) is 0.403. The molecular formula is C23H23ClFN5O3. The number of aromatic nitrogens is 1. The second kappa shape index (κ2) is 10.0. The third kappa shape index (κ3) is 5.33. The van der Waals surface area contributed by atoms with Crippen LogP contribution in [0.1, 0.15) is 15.9 Å². The minimum absolute atomic E-state index is 0.0141. The average Bonchev–Trinajstić information content (AvgIpc) is 2.81. The molecule has 4 rings (SSSR count). The van der Waals surface area contributed by atoms with Gasteiger partial charge in [0.15, 0.2) is 0 Å². The van der Waals surface area contributed by atoms with Crippen LogP contribution in [0.5, 0.6) is 5.75 Å². The van der Waals surface area contributed by atoms with Gasteiger partial charge in [-0.2, -0.15) is 0 Å². The lowest BCUT2D eigenvalue weighted by molar-refractivity contribution is 0.0126. The second-order valence-corrected chi connectivity index (χ2v) is 7.90. The van der Waals surface area contributed by atoms with Gasteiger partial charge in [0, 0.05) is 40.6 Å². The first-order valence-electron chi connectivity index (χ1n) is 10.3. The first-order chi connectivity index (χ1) is 15.9. The zero-order valence-electron chi connectivity index (χ0n) is 17.6. The number of anilines is 3. The van der Waals surface area contributed by atoms with Gasteiger partial charge in [0.25, 0.3) is 5.91 Å². The van der Waals surface area contributed by atoms with E-state index >= 15 is 0 Å². The summed E-state index contributed by atoms with van der Waals surface area (Å²) in [6, 6.07) is 12.9. The Morgan fingerprint density at radius 3 is 2.70 bits per heavy atom. The standard InChI is InChI=1S/C23H23ClFN5O3/c24-15-1-4-19(14(11-15)13-25)27-16-2-6-21(31)18(12-16)20-5-3-17(22(26)28-20)23(32)29-30-7-9-33-10-8-30/h1-6,11-12,27,31H,7-10,13H2,(H2,26,28)(H,29,32). The zero-order chi connectivity index (χ0) is 23.4. The molecule has 1 fully saturated rings. The van der Waals surface area contributed by atoms with Gasteiger partial charge in [-0.1, -0.05) is 11.6 Å². The van der Waals surface area contributed by atoms with Crippen molar-refractivity contribution in [2.75, 3.05) is 37.4 Å². The van der Waals surface area contributed by atoms with E-state index in [4.69, 9.17) is 22.1 Å². The minimum Gasteiger partial charge on any atom is -0.507 e. The van der Waals surface area contributed by atoms with Crippen LogP contribution in [-0.2, 0) is 11.4 Å². The minimum atomic E-state index is -0.681. The highest BCUT2D eigenvalue weighted by Gasteiger charge is 2.18. The highest BCUT2D eigenvalue weighted by atomic mass is 35.5. The highest BCUT2D eigenvalue weighted by molar-refractivity contribution is 6.30. The van der Waals surface area contributed by atoms with Crippen molar-refractivity contribution in [3.63, 3.8) is 0 Å². The number of aromatic hydroxyl groups is 1. The van der Waals surface area contributed by atoms with Gasteiger partial charge in [-0.25, -0.2) is 14.4 Å². The number of hydrogen-bond donors (Lipinski definition) is 4. The van der Waals surface area contributed by atoms with Crippen molar-refractivity contribution >= 4 is 34.7 Å². The number of carbonyl (C=O) groups excluding carboxylic acids is 1. The number of nitrogens with two attached hydrogens (primary N) is 1. The van der Waals surface area contributed by atoms with E-state index in [0.717, 1.165) is 0 Å². The van der Waals surface area contributed by atoms with Crippen molar-refractivity contribution in [2.45, 2.75) is 6.67 Å². The van der Waals surface area contributed by atoms with E-state index in [-0.39, 0.29) is 23.0 Å². The number of carbonyl (C=O) groups is 1. The lowest BCUT2D eigenvalue weighted by atomic mass is 10.1. The summed E-state index contributed by atoms with van der Waals surface area (Å²) in [6.45, 7) is 1.57. The van der Waals surface area contributed by atoms with Crippen LogP contribution in [0.3, 0.4) is 0 Å². The van der Waals surface area contributed by atoms with Crippen molar-refractivity contribution in [3.05, 3.63) is 64.7 Å². The number of hydrogen-bond acceptors (Lipinski definition) is 7. The molecule has 172 valence electrons. The third-order valence-corrected chi connectivity index (χ3v) is 5.44. The Kier molecular flexibility index (Phi) is 6.93. The lowest BCUT2D eigenvalue weighted by Gasteiger charge is -2.27. The maximum Gasteiger partial charge on any atom is 0.269 e. The van der Waals surface area contributed by atoms with Crippen LogP contribution in [0.4, 0.5) is 21.6 Å². The van der Waals surface area contributed by atoms with Gasteiger partial charge in [0.2, 0.25) is 0 Å². The number of phenolic OH excluding ortho intramolecular Hbond substituents is 1. The van der Waals surface area contributed by atoms with Gasteiger partial charge in [0.05, 0.1) is 24.5 Å². The smallest absolute Gasteiger partial charge is 0.269 e. The third-order valence-electron chi connectivity index (χ3n) is 5.20. The molecule has 10 heteroatoms. The number of rotatable bonds is 6. The first-order valence-corrected chi connectivity index (χ1v) is 10.7. The molecule has 8 nitrogen and oxygen atoms in total. The van der Waals surface area contributed by atoms with Crippen molar-refractivity contribution < 1.29 is 19.0 Å². The van der Waals surface area contributed by atoms with E-state index in [1.54, 1.807) is 47.5 Å². The van der Waals surface area contributed by atoms with E-state index < -0.39 is 6.67 Å². The van der Waals surface area contributed by atoms with Gasteiger partial charge in [0.1, 0.15) is 18.2 Å². The summed E-state index contributed by atoms with van der Waals surface area (Å²) in [6.07, 6.45) is 0. The molecule has 0 bridgehead atoms. The van der Waals surface area contributed by atoms with Crippen LogP contribution in [0, 0.1) is 0 Å². The van der Waals surface area contributed by atoms with Gasteiger partial charge in [-0.15, -0.1) is 0 Å². The number of nitrogen functional groups attached to an aromatic ring is 1. The fourth-order valence-corrected chi connectivity index (χ4v) is 3.66. The lowest BCUT2D eigenvalue weighted by Crippen LogP contribution is -2.48. The first kappa shape index (κ1) is 22.8. The second-order valence-electron chi connectivity index (χ2n) is 7.46. The van der Waals surface area contributed by atoms with E-state index in [1.165, 1.54) is 6.07 Å². The number of nitrogens with one attached hydrogen (secondary N) is 2. The van der Waals surface area contributed by atoms with Gasteiger partial charge in [-0.05, 0) is 48.5 Å². The van der Waals surface area contributed by atoms with Crippen molar-refractivity contribution in [3.8, 4) is 17.0 Å².